The van der Waals surface area contributed by atoms with Crippen molar-refractivity contribution in [2.24, 2.45) is 5.73 Å². The molecule has 0 saturated carbocycles. The van der Waals surface area contributed by atoms with Crippen molar-refractivity contribution in [3.05, 3.63) is 24.3 Å². The Labute approximate surface area is 83.3 Å². The van der Waals surface area contributed by atoms with Crippen LogP contribution in [0, 0.1) is 0 Å². The van der Waals surface area contributed by atoms with Gasteiger partial charge < -0.3 is 16.2 Å². The van der Waals surface area contributed by atoms with Gasteiger partial charge >= 0.3 is 0 Å². The van der Waals surface area contributed by atoms with E-state index in [0.717, 1.165) is 6.42 Å². The molecular weight excluding hydrogens is 184 g/mol. The van der Waals surface area contributed by atoms with Gasteiger partial charge in [0, 0.05) is 0 Å². The van der Waals surface area contributed by atoms with E-state index in [4.69, 9.17) is 18.0 Å². The zero-order chi connectivity index (χ0) is 9.90. The maximum Gasteiger partial charge on any atom is 0.164 e. The molecule has 0 radical (unpaired) electrons. The van der Waals surface area contributed by atoms with Crippen molar-refractivity contribution in [1.82, 2.24) is 5.32 Å². The molecule has 0 saturated heterocycles. The summed E-state index contributed by atoms with van der Waals surface area (Å²) in [7, 11) is 0. The van der Waals surface area contributed by atoms with Crippen LogP contribution >= 0.6 is 12.2 Å². The molecule has 2 atom stereocenters. The lowest BCUT2D eigenvalue weighted by atomic mass is 9.86. The van der Waals surface area contributed by atoms with E-state index in [-0.39, 0.29) is 5.11 Å². The second kappa shape index (κ2) is 3.89. The summed E-state index contributed by atoms with van der Waals surface area (Å²) in [5.41, 5.74) is 4.87. The Kier molecular flexibility index (Phi) is 3.06. The molecule has 0 spiro atoms. The molecule has 0 aliphatic heterocycles. The maximum absolute atomic E-state index is 9.75. The fraction of sp³-hybridized carbons (Fsp3) is 0.444. The summed E-state index contributed by atoms with van der Waals surface area (Å²) in [6.45, 7) is 1.97. The third kappa shape index (κ3) is 2.08. The van der Waals surface area contributed by atoms with Gasteiger partial charge in [-0.05, 0) is 18.6 Å². The third-order valence-corrected chi connectivity index (χ3v) is 2.37. The molecule has 0 aromatic heterocycles. The average Bonchev–Trinajstić information content (AvgIpc) is 2.08. The molecule has 0 aromatic carbocycles. The van der Waals surface area contributed by atoms with Crippen LogP contribution < -0.4 is 11.1 Å². The highest BCUT2D eigenvalue weighted by molar-refractivity contribution is 7.80. The fourth-order valence-corrected chi connectivity index (χ4v) is 1.62. The van der Waals surface area contributed by atoms with Crippen LogP contribution in [0.15, 0.2) is 24.3 Å². The van der Waals surface area contributed by atoms with Gasteiger partial charge in [-0.2, -0.15) is 0 Å². The third-order valence-electron chi connectivity index (χ3n) is 2.27. The van der Waals surface area contributed by atoms with Crippen LogP contribution in [0.3, 0.4) is 0 Å². The molecule has 1 rings (SSSR count). The van der Waals surface area contributed by atoms with Crippen molar-refractivity contribution in [2.75, 3.05) is 0 Å². The molecule has 72 valence electrons. The molecule has 13 heavy (non-hydrogen) atoms. The van der Waals surface area contributed by atoms with Gasteiger partial charge in [-0.15, -0.1) is 0 Å². The van der Waals surface area contributed by atoms with Crippen LogP contribution in [0.25, 0.3) is 0 Å². The minimum Gasteiger partial charge on any atom is -0.386 e. The number of hydrogen-bond donors (Lipinski definition) is 3. The Balaban J connectivity index is 2.85. The Morgan fingerprint density at radius 1 is 1.69 bits per heavy atom. The van der Waals surface area contributed by atoms with Crippen molar-refractivity contribution in [2.45, 2.75) is 25.0 Å². The summed E-state index contributed by atoms with van der Waals surface area (Å²) in [6.07, 6.45) is 7.43. The normalized spacial score (nSPS) is 31.7. The van der Waals surface area contributed by atoms with Crippen LogP contribution in [0.1, 0.15) is 13.3 Å². The van der Waals surface area contributed by atoms with Crippen molar-refractivity contribution in [3.63, 3.8) is 0 Å². The number of thiocarbonyl (C=S) groups is 1. The topological polar surface area (TPSA) is 58.3 Å². The number of nitrogens with two attached hydrogens (primary N) is 1. The molecule has 0 aromatic rings. The first kappa shape index (κ1) is 10.2. The summed E-state index contributed by atoms with van der Waals surface area (Å²) < 4.78 is 0. The summed E-state index contributed by atoms with van der Waals surface area (Å²) >= 11 is 4.77. The lowest BCUT2D eigenvalue weighted by Gasteiger charge is -2.35. The van der Waals surface area contributed by atoms with Crippen LogP contribution in [-0.2, 0) is 0 Å². The lowest BCUT2D eigenvalue weighted by molar-refractivity contribution is 0.137. The van der Waals surface area contributed by atoms with E-state index in [1.165, 1.54) is 0 Å². The lowest BCUT2D eigenvalue weighted by Crippen LogP contribution is -2.56. The number of nitrogens with one attached hydrogen (secondary N) is 1. The molecule has 1 aliphatic rings. The van der Waals surface area contributed by atoms with E-state index in [0.29, 0.717) is 0 Å². The molecule has 4 heteroatoms. The van der Waals surface area contributed by atoms with E-state index in [1.54, 1.807) is 12.2 Å². The Hall–Kier alpha value is -0.870. The van der Waals surface area contributed by atoms with Crippen LogP contribution in [-0.4, -0.2) is 21.9 Å². The van der Waals surface area contributed by atoms with Crippen LogP contribution in [0.2, 0.25) is 0 Å². The quantitative estimate of drug-likeness (QED) is 0.564. The van der Waals surface area contributed by atoms with Gasteiger partial charge in [0.05, 0.1) is 11.6 Å². The van der Waals surface area contributed by atoms with Gasteiger partial charge in [0.25, 0.3) is 0 Å². The van der Waals surface area contributed by atoms with Crippen molar-refractivity contribution >= 4 is 17.3 Å². The van der Waals surface area contributed by atoms with Gasteiger partial charge in [-0.1, -0.05) is 31.2 Å². The zero-order valence-corrected chi connectivity index (χ0v) is 8.34. The van der Waals surface area contributed by atoms with Gasteiger partial charge in [-0.3, -0.25) is 0 Å². The highest BCUT2D eigenvalue weighted by Crippen LogP contribution is 2.21. The molecule has 0 bridgehead atoms. The maximum atomic E-state index is 9.75. The molecule has 0 fully saturated rings. The first-order valence-electron chi connectivity index (χ1n) is 4.22. The Morgan fingerprint density at radius 2 is 2.38 bits per heavy atom. The van der Waals surface area contributed by atoms with Crippen molar-refractivity contribution in [3.8, 4) is 0 Å². The molecule has 0 amide bonds. The Bertz CT molecular complexity index is 262. The predicted molar refractivity (Wildman–Crippen MR) is 57.2 cm³/mol. The largest absolute Gasteiger partial charge is 0.386 e. The first-order chi connectivity index (χ1) is 6.10. The number of allylic oxidation sites excluding steroid dienone is 2. The summed E-state index contributed by atoms with van der Waals surface area (Å²) in [5.74, 6) is 0. The molecule has 4 N–H and O–H groups in total. The van der Waals surface area contributed by atoms with E-state index >= 15 is 0 Å². The Morgan fingerprint density at radius 3 is 2.85 bits per heavy atom. The second-order valence-electron chi connectivity index (χ2n) is 3.07. The highest BCUT2D eigenvalue weighted by atomic mass is 32.1. The standard InChI is InChI=1S/C9H14N2OS/c1-2-9(11-8(10)13)6-4-3-5-7(9)12/h3-7,12H,2H2,1H3,(H3,10,11,13)/t7?,9-/m0/s1. The fourth-order valence-electron chi connectivity index (χ4n) is 1.43. The molecule has 3 nitrogen and oxygen atoms in total. The van der Waals surface area contributed by atoms with Crippen LogP contribution in [0.5, 0.6) is 0 Å². The molecular formula is C9H14N2OS. The minimum atomic E-state index is -0.580. The number of rotatable bonds is 2. The molecule has 0 heterocycles. The van der Waals surface area contributed by atoms with Crippen LogP contribution in [0.4, 0.5) is 0 Å². The van der Waals surface area contributed by atoms with E-state index in [9.17, 15) is 5.11 Å². The number of aliphatic hydroxyl groups is 1. The van der Waals surface area contributed by atoms with Crippen molar-refractivity contribution in [1.29, 1.82) is 0 Å². The predicted octanol–water partition coefficient (Wildman–Crippen LogP) is 0.455. The minimum absolute atomic E-state index is 0.209. The summed E-state index contributed by atoms with van der Waals surface area (Å²) in [6, 6.07) is 0. The number of hydrogen-bond acceptors (Lipinski definition) is 2. The van der Waals surface area contributed by atoms with E-state index < -0.39 is 11.6 Å². The smallest absolute Gasteiger partial charge is 0.164 e. The summed E-state index contributed by atoms with van der Waals surface area (Å²) in [4.78, 5) is 0. The SMILES string of the molecule is CC[C@]1(NC(N)=S)C=CC=CC1O. The highest BCUT2D eigenvalue weighted by Gasteiger charge is 2.33. The second-order valence-corrected chi connectivity index (χ2v) is 3.51. The molecule has 1 unspecified atom stereocenters. The number of aliphatic hydroxyl groups excluding tert-OH is 1. The zero-order valence-electron chi connectivity index (χ0n) is 7.53. The summed E-state index contributed by atoms with van der Waals surface area (Å²) in [5, 5.41) is 12.9. The molecule has 1 aliphatic carbocycles. The van der Waals surface area contributed by atoms with Gasteiger partial charge in [0.15, 0.2) is 5.11 Å². The van der Waals surface area contributed by atoms with E-state index in [1.807, 2.05) is 19.1 Å². The van der Waals surface area contributed by atoms with Gasteiger partial charge in [0.2, 0.25) is 0 Å². The van der Waals surface area contributed by atoms with E-state index in [2.05, 4.69) is 5.32 Å². The first-order valence-corrected chi connectivity index (χ1v) is 4.63. The van der Waals surface area contributed by atoms with Crippen molar-refractivity contribution < 1.29 is 5.11 Å². The average molecular weight is 198 g/mol. The van der Waals surface area contributed by atoms with Gasteiger partial charge in [-0.25, -0.2) is 0 Å². The monoisotopic (exact) mass is 198 g/mol. The van der Waals surface area contributed by atoms with Gasteiger partial charge in [0.1, 0.15) is 0 Å².